The van der Waals surface area contributed by atoms with Gasteiger partial charge in [0.15, 0.2) is 12.4 Å². The molecular weight excluding hydrogens is 779 g/mol. The molecular formula is C53H103NO8. The summed E-state index contributed by atoms with van der Waals surface area (Å²) in [7, 11) is 5.92. The summed E-state index contributed by atoms with van der Waals surface area (Å²) in [5.74, 6) is -2.26. The van der Waals surface area contributed by atoms with Crippen LogP contribution in [0.25, 0.3) is 0 Å². The monoisotopic (exact) mass is 882 g/mol. The van der Waals surface area contributed by atoms with Crippen LogP contribution < -0.4 is 5.11 Å². The number of carbonyl (C=O) groups excluding carboxylic acids is 3. The molecule has 0 aromatic rings. The van der Waals surface area contributed by atoms with Crippen LogP contribution in [0.2, 0.25) is 0 Å². The van der Waals surface area contributed by atoms with Crippen molar-refractivity contribution in [3.05, 3.63) is 0 Å². The highest BCUT2D eigenvalue weighted by Crippen LogP contribution is 2.17. The maximum atomic E-state index is 12.8. The van der Waals surface area contributed by atoms with Gasteiger partial charge >= 0.3 is 11.9 Å². The number of rotatable bonds is 50. The Labute approximate surface area is 383 Å². The molecule has 9 nitrogen and oxygen atoms in total. The van der Waals surface area contributed by atoms with Crippen LogP contribution in [-0.4, -0.2) is 82.3 Å². The molecule has 0 bridgehead atoms. The zero-order chi connectivity index (χ0) is 45.6. The van der Waals surface area contributed by atoms with Crippen molar-refractivity contribution in [3.8, 4) is 0 Å². The second kappa shape index (κ2) is 45.8. The topological polar surface area (TPSA) is 111 Å². The molecule has 0 rings (SSSR count). The van der Waals surface area contributed by atoms with Gasteiger partial charge in [-0.1, -0.05) is 239 Å². The fourth-order valence-electron chi connectivity index (χ4n) is 7.95. The Kier molecular flexibility index (Phi) is 44.6. The Balaban J connectivity index is 4.09. The van der Waals surface area contributed by atoms with Crippen molar-refractivity contribution in [3.63, 3.8) is 0 Å². The number of carbonyl (C=O) groups is 3. The normalized spacial score (nSPS) is 12.7. The third-order valence-corrected chi connectivity index (χ3v) is 12.1. The van der Waals surface area contributed by atoms with Gasteiger partial charge in [-0.25, -0.2) is 0 Å². The molecule has 0 spiro atoms. The molecule has 0 aliphatic rings. The standard InChI is InChI=1S/C53H103NO8/c1-6-8-10-12-14-16-18-19-20-21-22-23-24-25-26-27-28-29-30-31-32-33-34-36-38-40-42-44-51(56)62-49(48-61-53(52(57)58)59-46-45-54(3,4)5)47-60-50(55)43-41-39-37-35-17-15-13-11-9-7-2/h49,53H,6-48H2,1-5H3. The largest absolute Gasteiger partial charge is 0.545 e. The second-order valence-electron chi connectivity index (χ2n) is 19.5. The van der Waals surface area contributed by atoms with E-state index in [0.717, 1.165) is 38.5 Å². The molecule has 0 radical (unpaired) electrons. The van der Waals surface area contributed by atoms with Gasteiger partial charge in [0.2, 0.25) is 0 Å². The Hall–Kier alpha value is -1.71. The van der Waals surface area contributed by atoms with Crippen LogP contribution in [-0.2, 0) is 33.3 Å². The lowest BCUT2D eigenvalue weighted by molar-refractivity contribution is -0.870. The van der Waals surface area contributed by atoms with Gasteiger partial charge in [0.25, 0.3) is 0 Å². The number of carboxylic acids is 1. The Morgan fingerprint density at radius 1 is 0.419 bits per heavy atom. The molecule has 2 atom stereocenters. The average molecular weight is 882 g/mol. The van der Waals surface area contributed by atoms with Crippen molar-refractivity contribution in [1.29, 1.82) is 0 Å². The molecule has 0 saturated heterocycles. The predicted octanol–water partition coefficient (Wildman–Crippen LogP) is 13.5. The van der Waals surface area contributed by atoms with Gasteiger partial charge in [0, 0.05) is 12.8 Å². The summed E-state index contributed by atoms with van der Waals surface area (Å²) in [6.07, 6.45) is 45.9. The Bertz CT molecular complexity index is 985. The molecule has 0 saturated carbocycles. The van der Waals surface area contributed by atoms with Crippen molar-refractivity contribution < 1.29 is 42.9 Å². The number of hydrogen-bond acceptors (Lipinski definition) is 8. The minimum atomic E-state index is -1.61. The molecule has 0 N–H and O–H groups in total. The van der Waals surface area contributed by atoms with Crippen LogP contribution >= 0.6 is 0 Å². The summed E-state index contributed by atoms with van der Waals surface area (Å²) in [5.41, 5.74) is 0. The van der Waals surface area contributed by atoms with E-state index >= 15 is 0 Å². The number of hydrogen-bond donors (Lipinski definition) is 0. The second-order valence-corrected chi connectivity index (χ2v) is 19.5. The molecule has 62 heavy (non-hydrogen) atoms. The van der Waals surface area contributed by atoms with Crippen LogP contribution in [0, 0.1) is 0 Å². The number of nitrogens with zero attached hydrogens (tertiary/aromatic N) is 1. The van der Waals surface area contributed by atoms with Crippen LogP contribution in [0.15, 0.2) is 0 Å². The van der Waals surface area contributed by atoms with Gasteiger partial charge in [-0.05, 0) is 12.8 Å². The fourth-order valence-corrected chi connectivity index (χ4v) is 7.95. The number of ether oxygens (including phenoxy) is 4. The lowest BCUT2D eigenvalue weighted by atomic mass is 10.0. The third kappa shape index (κ3) is 46.3. The van der Waals surface area contributed by atoms with Crippen LogP contribution in [0.4, 0.5) is 0 Å². The van der Waals surface area contributed by atoms with E-state index in [1.165, 1.54) is 199 Å². The van der Waals surface area contributed by atoms with Crippen molar-refractivity contribution in [2.75, 3.05) is 47.5 Å². The average Bonchev–Trinajstić information content (AvgIpc) is 3.23. The van der Waals surface area contributed by atoms with Gasteiger partial charge in [-0.3, -0.25) is 9.59 Å². The van der Waals surface area contributed by atoms with Crippen LogP contribution in [0.1, 0.15) is 264 Å². The van der Waals surface area contributed by atoms with Gasteiger partial charge in [0.05, 0.1) is 40.3 Å². The molecule has 0 aliphatic carbocycles. The van der Waals surface area contributed by atoms with Gasteiger partial charge < -0.3 is 33.3 Å². The maximum absolute atomic E-state index is 12.8. The molecule has 0 heterocycles. The molecule has 368 valence electrons. The van der Waals surface area contributed by atoms with E-state index in [-0.39, 0.29) is 32.2 Å². The molecule has 0 aromatic carbocycles. The summed E-state index contributed by atoms with van der Waals surface area (Å²) >= 11 is 0. The molecule has 0 aromatic heterocycles. The molecule has 0 amide bonds. The van der Waals surface area contributed by atoms with Gasteiger partial charge in [-0.15, -0.1) is 0 Å². The Morgan fingerprint density at radius 3 is 1.03 bits per heavy atom. The van der Waals surface area contributed by atoms with Crippen molar-refractivity contribution in [1.82, 2.24) is 0 Å². The lowest BCUT2D eigenvalue weighted by Gasteiger charge is -2.26. The molecule has 9 heteroatoms. The SMILES string of the molecule is CCCCCCCCCCCCCCCCCCCCCCCCCCCCCC(=O)OC(COC(=O)CCCCCCCCCCCC)COC(OCC[N+](C)(C)C)C(=O)[O-]. The van der Waals surface area contributed by atoms with E-state index in [2.05, 4.69) is 13.8 Å². The molecule has 2 unspecified atom stereocenters. The molecule has 0 fully saturated rings. The summed E-state index contributed by atoms with van der Waals surface area (Å²) in [6, 6.07) is 0. The smallest absolute Gasteiger partial charge is 0.306 e. The van der Waals surface area contributed by atoms with Crippen molar-refractivity contribution >= 4 is 17.9 Å². The van der Waals surface area contributed by atoms with E-state index in [1.54, 1.807) is 0 Å². The quantitative estimate of drug-likeness (QED) is 0.0257. The van der Waals surface area contributed by atoms with E-state index < -0.39 is 24.3 Å². The zero-order valence-electron chi connectivity index (χ0n) is 41.8. The Morgan fingerprint density at radius 2 is 0.726 bits per heavy atom. The number of likely N-dealkylation sites (N-methyl/N-ethyl adjacent to an activating group) is 1. The zero-order valence-corrected chi connectivity index (χ0v) is 41.8. The minimum Gasteiger partial charge on any atom is -0.545 e. The number of carboxylic acid groups (broad SMARTS) is 1. The van der Waals surface area contributed by atoms with Gasteiger partial charge in [0.1, 0.15) is 13.2 Å². The highest BCUT2D eigenvalue weighted by Gasteiger charge is 2.22. The highest BCUT2D eigenvalue weighted by molar-refractivity contribution is 5.70. The third-order valence-electron chi connectivity index (χ3n) is 12.1. The fraction of sp³-hybridized carbons (Fsp3) is 0.943. The minimum absolute atomic E-state index is 0.153. The van der Waals surface area contributed by atoms with Gasteiger partial charge in [-0.2, -0.15) is 0 Å². The summed E-state index contributed by atoms with van der Waals surface area (Å²) < 4.78 is 22.6. The summed E-state index contributed by atoms with van der Waals surface area (Å²) in [4.78, 5) is 37.0. The maximum Gasteiger partial charge on any atom is 0.306 e. The first-order chi connectivity index (χ1) is 30.1. The van der Waals surface area contributed by atoms with Crippen molar-refractivity contribution in [2.45, 2.75) is 277 Å². The van der Waals surface area contributed by atoms with E-state index in [0.29, 0.717) is 17.4 Å². The first kappa shape index (κ1) is 60.3. The van der Waals surface area contributed by atoms with E-state index in [1.807, 2.05) is 21.1 Å². The van der Waals surface area contributed by atoms with Crippen molar-refractivity contribution in [2.24, 2.45) is 0 Å². The molecule has 0 aliphatic heterocycles. The predicted molar refractivity (Wildman–Crippen MR) is 256 cm³/mol. The highest BCUT2D eigenvalue weighted by atomic mass is 16.7. The van der Waals surface area contributed by atoms with Crippen LogP contribution in [0.3, 0.4) is 0 Å². The van der Waals surface area contributed by atoms with E-state index in [4.69, 9.17) is 18.9 Å². The first-order valence-corrected chi connectivity index (χ1v) is 26.7. The van der Waals surface area contributed by atoms with Crippen LogP contribution in [0.5, 0.6) is 0 Å². The number of unbranched alkanes of at least 4 members (excludes halogenated alkanes) is 35. The number of aliphatic carboxylic acids is 1. The first-order valence-electron chi connectivity index (χ1n) is 26.7. The number of esters is 2. The lowest BCUT2D eigenvalue weighted by Crippen LogP contribution is -2.44. The number of quaternary nitrogens is 1. The van der Waals surface area contributed by atoms with E-state index in [9.17, 15) is 19.5 Å². The summed E-state index contributed by atoms with van der Waals surface area (Å²) in [6.45, 7) is 4.77. The summed E-state index contributed by atoms with van der Waals surface area (Å²) in [5, 5.41) is 11.7.